The van der Waals surface area contributed by atoms with Crippen molar-refractivity contribution < 1.29 is 9.13 Å². The fourth-order valence-corrected chi connectivity index (χ4v) is 2.94. The van der Waals surface area contributed by atoms with E-state index in [2.05, 4.69) is 29.6 Å². The second-order valence-corrected chi connectivity index (χ2v) is 5.52. The van der Waals surface area contributed by atoms with Gasteiger partial charge in [-0.15, -0.1) is 0 Å². The van der Waals surface area contributed by atoms with E-state index >= 15 is 0 Å². The molecule has 1 N–H and O–H groups in total. The van der Waals surface area contributed by atoms with E-state index in [1.807, 2.05) is 13.1 Å². The van der Waals surface area contributed by atoms with Crippen molar-refractivity contribution in [1.29, 1.82) is 0 Å². The molecule has 3 rings (SSSR count). The minimum Gasteiger partial charge on any atom is -0.490 e. The molecule has 21 heavy (non-hydrogen) atoms. The van der Waals surface area contributed by atoms with E-state index in [4.69, 9.17) is 4.74 Å². The third-order valence-electron chi connectivity index (χ3n) is 4.09. The van der Waals surface area contributed by atoms with Gasteiger partial charge in [0.1, 0.15) is 17.7 Å². The standard InChI is InChI=1S/C18H20FNO/c1-20-17-12-15(9-7-13-5-3-2-4-6-13)21-18-10-8-14(19)11-16(17)18/h2-6,8,10-11,15,17,20H,7,9,12H2,1H3. The van der Waals surface area contributed by atoms with E-state index in [9.17, 15) is 4.39 Å². The van der Waals surface area contributed by atoms with Crippen LogP contribution < -0.4 is 10.1 Å². The predicted molar refractivity (Wildman–Crippen MR) is 82.0 cm³/mol. The summed E-state index contributed by atoms with van der Waals surface area (Å²) >= 11 is 0. The molecule has 2 atom stereocenters. The molecular formula is C18H20FNO. The second kappa shape index (κ2) is 6.27. The Kier molecular flexibility index (Phi) is 4.20. The van der Waals surface area contributed by atoms with Crippen LogP contribution in [0.15, 0.2) is 48.5 Å². The molecule has 0 aliphatic carbocycles. The van der Waals surface area contributed by atoms with Crippen LogP contribution in [0.2, 0.25) is 0 Å². The first kappa shape index (κ1) is 14.1. The first-order valence-corrected chi connectivity index (χ1v) is 7.43. The number of ether oxygens (including phenoxy) is 1. The molecule has 2 nitrogen and oxygen atoms in total. The van der Waals surface area contributed by atoms with Crippen LogP contribution in [0.1, 0.15) is 30.0 Å². The molecule has 0 spiro atoms. The molecule has 3 heteroatoms. The zero-order chi connectivity index (χ0) is 14.7. The SMILES string of the molecule is CNC1CC(CCc2ccccc2)Oc2ccc(F)cc21. The number of hydrogen-bond donors (Lipinski definition) is 1. The number of aryl methyl sites for hydroxylation is 1. The van der Waals surface area contributed by atoms with E-state index in [-0.39, 0.29) is 18.0 Å². The Bertz CT molecular complexity index is 599. The highest BCUT2D eigenvalue weighted by Gasteiger charge is 2.27. The van der Waals surface area contributed by atoms with Gasteiger partial charge >= 0.3 is 0 Å². The average molecular weight is 285 g/mol. The topological polar surface area (TPSA) is 21.3 Å². The average Bonchev–Trinajstić information content (AvgIpc) is 2.53. The third kappa shape index (κ3) is 3.24. The van der Waals surface area contributed by atoms with Gasteiger partial charge in [0.15, 0.2) is 0 Å². The molecule has 0 amide bonds. The summed E-state index contributed by atoms with van der Waals surface area (Å²) in [6.45, 7) is 0. The molecule has 1 aliphatic heterocycles. The van der Waals surface area contributed by atoms with Crippen LogP contribution in [0, 0.1) is 5.82 Å². The predicted octanol–water partition coefficient (Wildman–Crippen LogP) is 3.87. The monoisotopic (exact) mass is 285 g/mol. The van der Waals surface area contributed by atoms with Crippen molar-refractivity contribution in [2.24, 2.45) is 0 Å². The summed E-state index contributed by atoms with van der Waals surface area (Å²) in [5.41, 5.74) is 2.25. The van der Waals surface area contributed by atoms with Crippen molar-refractivity contribution in [1.82, 2.24) is 5.32 Å². The Labute approximate surface area is 125 Å². The Balaban J connectivity index is 1.70. The van der Waals surface area contributed by atoms with E-state index in [1.165, 1.54) is 11.6 Å². The van der Waals surface area contributed by atoms with Gasteiger partial charge in [0, 0.05) is 18.0 Å². The third-order valence-corrected chi connectivity index (χ3v) is 4.09. The molecule has 0 bridgehead atoms. The van der Waals surface area contributed by atoms with Crippen molar-refractivity contribution >= 4 is 0 Å². The Morgan fingerprint density at radius 2 is 2.00 bits per heavy atom. The van der Waals surface area contributed by atoms with Crippen molar-refractivity contribution in [2.75, 3.05) is 7.05 Å². The van der Waals surface area contributed by atoms with Gasteiger partial charge in [-0.3, -0.25) is 0 Å². The number of rotatable bonds is 4. The minimum absolute atomic E-state index is 0.158. The summed E-state index contributed by atoms with van der Waals surface area (Å²) in [7, 11) is 1.92. The number of nitrogens with one attached hydrogen (secondary N) is 1. The summed E-state index contributed by atoms with van der Waals surface area (Å²) in [5, 5.41) is 3.27. The molecule has 2 aromatic carbocycles. The molecular weight excluding hydrogens is 265 g/mol. The Morgan fingerprint density at radius 1 is 1.19 bits per heavy atom. The molecule has 0 saturated carbocycles. The van der Waals surface area contributed by atoms with Crippen molar-refractivity contribution in [3.63, 3.8) is 0 Å². The molecule has 0 saturated heterocycles. The van der Waals surface area contributed by atoms with Crippen LogP contribution >= 0.6 is 0 Å². The van der Waals surface area contributed by atoms with Crippen LogP contribution in [-0.4, -0.2) is 13.2 Å². The Hall–Kier alpha value is -1.87. The minimum atomic E-state index is -0.208. The lowest BCUT2D eigenvalue weighted by Crippen LogP contribution is -2.31. The van der Waals surface area contributed by atoms with Gasteiger partial charge in [-0.05, 0) is 43.7 Å². The lowest BCUT2D eigenvalue weighted by atomic mass is 9.93. The molecule has 2 unspecified atom stereocenters. The molecule has 110 valence electrons. The lowest BCUT2D eigenvalue weighted by Gasteiger charge is -2.32. The van der Waals surface area contributed by atoms with Crippen LogP contribution in [0.25, 0.3) is 0 Å². The van der Waals surface area contributed by atoms with E-state index in [0.29, 0.717) is 0 Å². The van der Waals surface area contributed by atoms with Crippen molar-refractivity contribution in [3.8, 4) is 5.75 Å². The van der Waals surface area contributed by atoms with Gasteiger partial charge in [0.05, 0.1) is 0 Å². The number of benzene rings is 2. The van der Waals surface area contributed by atoms with Gasteiger partial charge < -0.3 is 10.1 Å². The fourth-order valence-electron chi connectivity index (χ4n) is 2.94. The lowest BCUT2D eigenvalue weighted by molar-refractivity contribution is 0.143. The first-order valence-electron chi connectivity index (χ1n) is 7.43. The maximum atomic E-state index is 13.4. The van der Waals surface area contributed by atoms with Gasteiger partial charge in [0.25, 0.3) is 0 Å². The van der Waals surface area contributed by atoms with E-state index < -0.39 is 0 Å². The van der Waals surface area contributed by atoms with E-state index in [1.54, 1.807) is 12.1 Å². The van der Waals surface area contributed by atoms with Gasteiger partial charge in [-0.1, -0.05) is 30.3 Å². The number of fused-ring (bicyclic) bond motifs is 1. The maximum Gasteiger partial charge on any atom is 0.124 e. The molecule has 0 radical (unpaired) electrons. The first-order chi connectivity index (χ1) is 10.3. The maximum absolute atomic E-state index is 13.4. The highest BCUT2D eigenvalue weighted by Crippen LogP contribution is 2.36. The van der Waals surface area contributed by atoms with Gasteiger partial charge in [-0.25, -0.2) is 4.39 Å². The largest absolute Gasteiger partial charge is 0.490 e. The fraction of sp³-hybridized carbons (Fsp3) is 0.333. The van der Waals surface area contributed by atoms with Gasteiger partial charge in [-0.2, -0.15) is 0 Å². The van der Waals surface area contributed by atoms with Crippen LogP contribution in [-0.2, 0) is 6.42 Å². The highest BCUT2D eigenvalue weighted by atomic mass is 19.1. The van der Waals surface area contributed by atoms with Crippen molar-refractivity contribution in [2.45, 2.75) is 31.4 Å². The number of halogens is 1. The van der Waals surface area contributed by atoms with Crippen LogP contribution in [0.4, 0.5) is 4.39 Å². The molecule has 0 aromatic heterocycles. The summed E-state index contributed by atoms with van der Waals surface area (Å²) in [6.07, 6.45) is 3.01. The molecule has 1 heterocycles. The zero-order valence-corrected chi connectivity index (χ0v) is 12.2. The second-order valence-electron chi connectivity index (χ2n) is 5.52. The Morgan fingerprint density at radius 3 is 2.76 bits per heavy atom. The molecule has 1 aliphatic rings. The summed E-state index contributed by atoms with van der Waals surface area (Å²) in [4.78, 5) is 0. The van der Waals surface area contributed by atoms with E-state index in [0.717, 1.165) is 30.6 Å². The zero-order valence-electron chi connectivity index (χ0n) is 12.2. The number of hydrogen-bond acceptors (Lipinski definition) is 2. The highest BCUT2D eigenvalue weighted by molar-refractivity contribution is 5.38. The molecule has 2 aromatic rings. The quantitative estimate of drug-likeness (QED) is 0.920. The normalized spacial score (nSPS) is 20.7. The van der Waals surface area contributed by atoms with Crippen molar-refractivity contribution in [3.05, 3.63) is 65.5 Å². The summed E-state index contributed by atoms with van der Waals surface area (Å²) < 4.78 is 19.4. The molecule has 0 fully saturated rings. The summed E-state index contributed by atoms with van der Waals surface area (Å²) in [5.74, 6) is 0.598. The van der Waals surface area contributed by atoms with Crippen LogP contribution in [0.5, 0.6) is 5.75 Å². The van der Waals surface area contributed by atoms with Gasteiger partial charge in [0.2, 0.25) is 0 Å². The van der Waals surface area contributed by atoms with Crippen LogP contribution in [0.3, 0.4) is 0 Å². The summed E-state index contributed by atoms with van der Waals surface area (Å²) in [6, 6.07) is 15.4. The smallest absolute Gasteiger partial charge is 0.124 e.